The van der Waals surface area contributed by atoms with Crippen molar-refractivity contribution in [2.45, 2.75) is 13.1 Å². The Balaban J connectivity index is 1.68. The number of piperazine rings is 1. The number of hydrogen-bond acceptors (Lipinski definition) is 5. The van der Waals surface area contributed by atoms with E-state index in [0.29, 0.717) is 32.0 Å². The second-order valence-electron chi connectivity index (χ2n) is 5.41. The van der Waals surface area contributed by atoms with Gasteiger partial charge in [0.25, 0.3) is 0 Å². The van der Waals surface area contributed by atoms with Gasteiger partial charge in [-0.1, -0.05) is 0 Å². The number of halogens is 3. The van der Waals surface area contributed by atoms with Crippen molar-refractivity contribution in [2.75, 3.05) is 36.0 Å². The Bertz CT molecular complexity index is 664. The number of aromatic nitrogens is 3. The summed E-state index contributed by atoms with van der Waals surface area (Å²) in [6.45, 7) is 4.37. The van der Waals surface area contributed by atoms with Gasteiger partial charge in [0.15, 0.2) is 5.82 Å². The summed E-state index contributed by atoms with van der Waals surface area (Å²) in [5, 5.41) is 8.17. The first-order chi connectivity index (χ1) is 10.9. The van der Waals surface area contributed by atoms with Crippen molar-refractivity contribution in [3.05, 3.63) is 41.7 Å². The fourth-order valence-corrected chi connectivity index (χ4v) is 2.49. The summed E-state index contributed by atoms with van der Waals surface area (Å²) in [6, 6.07) is 5.88. The third-order valence-electron chi connectivity index (χ3n) is 3.78. The van der Waals surface area contributed by atoms with E-state index in [2.05, 4.69) is 20.1 Å². The Morgan fingerprint density at radius 3 is 2.13 bits per heavy atom. The molecule has 0 N–H and O–H groups in total. The largest absolute Gasteiger partial charge is 0.416 e. The zero-order valence-electron chi connectivity index (χ0n) is 12.6. The number of rotatable bonds is 2. The summed E-state index contributed by atoms with van der Waals surface area (Å²) in [5.74, 6) is 1.14. The van der Waals surface area contributed by atoms with E-state index < -0.39 is 11.7 Å². The third-order valence-corrected chi connectivity index (χ3v) is 3.78. The van der Waals surface area contributed by atoms with Crippen LogP contribution in [0.1, 0.15) is 11.3 Å². The van der Waals surface area contributed by atoms with Crippen molar-refractivity contribution in [2.24, 2.45) is 0 Å². The molecule has 0 spiro atoms. The van der Waals surface area contributed by atoms with Crippen LogP contribution in [0.4, 0.5) is 24.8 Å². The van der Waals surface area contributed by atoms with Crippen LogP contribution in [-0.2, 0) is 6.18 Å². The summed E-state index contributed by atoms with van der Waals surface area (Å²) in [5.41, 5.74) is 0.176. The Labute approximate surface area is 131 Å². The molecule has 3 heterocycles. The maximum atomic E-state index is 12.8. The molecular weight excluding hydrogens is 307 g/mol. The van der Waals surface area contributed by atoms with E-state index in [-0.39, 0.29) is 0 Å². The highest BCUT2D eigenvalue weighted by Crippen LogP contribution is 2.31. The molecule has 1 aliphatic rings. The van der Waals surface area contributed by atoms with Gasteiger partial charge in [0.05, 0.1) is 11.3 Å². The van der Waals surface area contributed by atoms with E-state index in [1.54, 1.807) is 0 Å². The average molecular weight is 323 g/mol. The van der Waals surface area contributed by atoms with Crippen LogP contribution < -0.4 is 9.80 Å². The van der Waals surface area contributed by atoms with Gasteiger partial charge in [-0.2, -0.15) is 18.3 Å². The molecule has 0 amide bonds. The molecule has 0 atom stereocenters. The molecule has 0 bridgehead atoms. The molecular formula is C15H16F3N5. The molecule has 0 unspecified atom stereocenters. The normalized spacial score (nSPS) is 15.8. The second kappa shape index (κ2) is 6.02. The van der Waals surface area contributed by atoms with Gasteiger partial charge in [-0.05, 0) is 31.2 Å². The average Bonchev–Trinajstić information content (AvgIpc) is 2.55. The molecule has 0 radical (unpaired) electrons. The minimum absolute atomic E-state index is 0.356. The summed E-state index contributed by atoms with van der Waals surface area (Å²) < 4.78 is 38.3. The van der Waals surface area contributed by atoms with Gasteiger partial charge >= 0.3 is 6.18 Å². The first-order valence-electron chi connectivity index (χ1n) is 7.27. The number of nitrogens with zero attached hydrogens (tertiary/aromatic N) is 5. The van der Waals surface area contributed by atoms with Crippen molar-refractivity contribution >= 4 is 11.6 Å². The van der Waals surface area contributed by atoms with Crippen LogP contribution in [0.5, 0.6) is 0 Å². The van der Waals surface area contributed by atoms with Crippen LogP contribution in [0, 0.1) is 6.92 Å². The van der Waals surface area contributed by atoms with Crippen molar-refractivity contribution in [1.82, 2.24) is 15.2 Å². The van der Waals surface area contributed by atoms with Crippen LogP contribution in [-0.4, -0.2) is 41.4 Å². The molecule has 2 aromatic heterocycles. The van der Waals surface area contributed by atoms with Crippen molar-refractivity contribution in [3.63, 3.8) is 0 Å². The summed E-state index contributed by atoms with van der Waals surface area (Å²) >= 11 is 0. The van der Waals surface area contributed by atoms with Gasteiger partial charge in [0.2, 0.25) is 0 Å². The molecule has 5 nitrogen and oxygen atoms in total. The van der Waals surface area contributed by atoms with Gasteiger partial charge in [-0.15, -0.1) is 5.10 Å². The topological polar surface area (TPSA) is 45.2 Å². The molecule has 122 valence electrons. The Morgan fingerprint density at radius 1 is 0.913 bits per heavy atom. The molecule has 0 aliphatic carbocycles. The maximum absolute atomic E-state index is 12.8. The van der Waals surface area contributed by atoms with Crippen molar-refractivity contribution in [3.8, 4) is 0 Å². The van der Waals surface area contributed by atoms with Crippen LogP contribution >= 0.6 is 0 Å². The molecule has 8 heteroatoms. The van der Waals surface area contributed by atoms with Gasteiger partial charge in [-0.3, -0.25) is 0 Å². The first-order valence-corrected chi connectivity index (χ1v) is 7.27. The van der Waals surface area contributed by atoms with Crippen LogP contribution in [0.2, 0.25) is 0 Å². The quantitative estimate of drug-likeness (QED) is 0.850. The SMILES string of the molecule is Cc1ccc(N2CCN(c3cc(C(F)(F)F)ccn3)CC2)nn1. The molecule has 1 aliphatic heterocycles. The van der Waals surface area contributed by atoms with Crippen LogP contribution in [0.3, 0.4) is 0 Å². The number of hydrogen-bond donors (Lipinski definition) is 0. The minimum atomic E-state index is -4.35. The van der Waals surface area contributed by atoms with Crippen LogP contribution in [0.25, 0.3) is 0 Å². The fraction of sp³-hybridized carbons (Fsp3) is 0.400. The molecule has 1 saturated heterocycles. The minimum Gasteiger partial charge on any atom is -0.353 e. The summed E-state index contributed by atoms with van der Waals surface area (Å²) in [7, 11) is 0. The lowest BCUT2D eigenvalue weighted by Gasteiger charge is -2.36. The lowest BCUT2D eigenvalue weighted by Crippen LogP contribution is -2.47. The number of anilines is 2. The lowest BCUT2D eigenvalue weighted by molar-refractivity contribution is -0.137. The van der Waals surface area contributed by atoms with E-state index in [1.165, 1.54) is 6.20 Å². The third kappa shape index (κ3) is 3.52. The van der Waals surface area contributed by atoms with Crippen molar-refractivity contribution in [1.29, 1.82) is 0 Å². The number of pyridine rings is 1. The second-order valence-corrected chi connectivity index (χ2v) is 5.41. The number of aryl methyl sites for hydroxylation is 1. The number of alkyl halides is 3. The molecule has 0 saturated carbocycles. The monoisotopic (exact) mass is 323 g/mol. The zero-order valence-corrected chi connectivity index (χ0v) is 12.6. The highest BCUT2D eigenvalue weighted by atomic mass is 19.4. The lowest BCUT2D eigenvalue weighted by atomic mass is 10.2. The van der Waals surface area contributed by atoms with E-state index in [0.717, 1.165) is 23.6 Å². The molecule has 3 rings (SSSR count). The predicted molar refractivity (Wildman–Crippen MR) is 80.4 cm³/mol. The maximum Gasteiger partial charge on any atom is 0.416 e. The Morgan fingerprint density at radius 2 is 1.57 bits per heavy atom. The van der Waals surface area contributed by atoms with E-state index in [4.69, 9.17) is 0 Å². The molecule has 23 heavy (non-hydrogen) atoms. The van der Waals surface area contributed by atoms with Gasteiger partial charge < -0.3 is 9.80 Å². The van der Waals surface area contributed by atoms with Crippen molar-refractivity contribution < 1.29 is 13.2 Å². The molecule has 0 aromatic carbocycles. The Hall–Kier alpha value is -2.38. The zero-order chi connectivity index (χ0) is 16.4. The molecule has 2 aromatic rings. The Kier molecular flexibility index (Phi) is 4.06. The van der Waals surface area contributed by atoms with Gasteiger partial charge in [0.1, 0.15) is 5.82 Å². The van der Waals surface area contributed by atoms with E-state index in [9.17, 15) is 13.2 Å². The first kappa shape index (κ1) is 15.5. The highest BCUT2D eigenvalue weighted by molar-refractivity contribution is 5.46. The van der Waals surface area contributed by atoms with Gasteiger partial charge in [-0.25, -0.2) is 4.98 Å². The summed E-state index contributed by atoms with van der Waals surface area (Å²) in [6.07, 6.45) is -3.15. The molecule has 1 fully saturated rings. The standard InChI is InChI=1S/C15H16F3N5/c1-11-2-3-13(21-20-11)22-6-8-23(9-7-22)14-10-12(4-5-19-14)15(16,17)18/h2-5,10H,6-9H2,1H3. The predicted octanol–water partition coefficient (Wildman–Crippen LogP) is 2.53. The summed E-state index contributed by atoms with van der Waals surface area (Å²) in [4.78, 5) is 7.99. The van der Waals surface area contributed by atoms with E-state index in [1.807, 2.05) is 24.0 Å². The van der Waals surface area contributed by atoms with E-state index >= 15 is 0 Å². The smallest absolute Gasteiger partial charge is 0.353 e. The highest BCUT2D eigenvalue weighted by Gasteiger charge is 2.31. The van der Waals surface area contributed by atoms with Gasteiger partial charge in [0, 0.05) is 32.4 Å². The van der Waals surface area contributed by atoms with Crippen LogP contribution in [0.15, 0.2) is 30.5 Å². The fourth-order valence-electron chi connectivity index (χ4n) is 2.49.